The molecule has 1 atom stereocenters. The second-order valence-electron chi connectivity index (χ2n) is 8.56. The molecule has 0 amide bonds. The van der Waals surface area contributed by atoms with E-state index in [1.54, 1.807) is 37.3 Å². The largest absolute Gasteiger partial charge is 0.491 e. The van der Waals surface area contributed by atoms with Gasteiger partial charge in [0, 0.05) is 31.3 Å². The highest BCUT2D eigenvalue weighted by Gasteiger charge is 2.20. The summed E-state index contributed by atoms with van der Waals surface area (Å²) in [4.78, 5) is 4.22. The number of anilines is 1. The summed E-state index contributed by atoms with van der Waals surface area (Å²) in [6.45, 7) is 5.89. The number of unbranched alkanes of at least 4 members (excludes halogenated alkanes) is 2. The fourth-order valence-corrected chi connectivity index (χ4v) is 5.19. The summed E-state index contributed by atoms with van der Waals surface area (Å²) in [6, 6.07) is 8.57. The van der Waals surface area contributed by atoms with E-state index in [0.29, 0.717) is 35.7 Å². The van der Waals surface area contributed by atoms with Crippen molar-refractivity contribution in [2.75, 3.05) is 30.4 Å². The van der Waals surface area contributed by atoms with Gasteiger partial charge in [0.2, 0.25) is 10.0 Å². The van der Waals surface area contributed by atoms with Crippen LogP contribution in [0.3, 0.4) is 0 Å². The number of nitrogens with one attached hydrogen (secondary N) is 2. The average molecular weight is 514 g/mol. The summed E-state index contributed by atoms with van der Waals surface area (Å²) >= 11 is 0. The number of sulfone groups is 1. The van der Waals surface area contributed by atoms with E-state index in [9.17, 15) is 21.9 Å². The second kappa shape index (κ2) is 12.5. The molecule has 0 radical (unpaired) electrons. The molecule has 2 aromatic rings. The first kappa shape index (κ1) is 28.0. The quantitative estimate of drug-likeness (QED) is 0.328. The molecule has 1 aromatic heterocycles. The number of aromatic nitrogens is 1. The van der Waals surface area contributed by atoms with E-state index >= 15 is 0 Å². The van der Waals surface area contributed by atoms with Crippen molar-refractivity contribution in [3.05, 3.63) is 47.7 Å². The zero-order valence-corrected chi connectivity index (χ0v) is 21.7. The Bertz CT molecular complexity index is 1150. The van der Waals surface area contributed by atoms with Crippen LogP contribution >= 0.6 is 0 Å². The van der Waals surface area contributed by atoms with E-state index in [1.165, 1.54) is 12.5 Å². The summed E-state index contributed by atoms with van der Waals surface area (Å²) in [5, 5.41) is 13.6. The monoisotopic (exact) mass is 513 g/mol. The number of sulfonamides is 1. The Labute approximate surface area is 202 Å². The predicted octanol–water partition coefficient (Wildman–Crippen LogP) is 2.82. The lowest BCUT2D eigenvalue weighted by atomic mass is 10.1. The maximum atomic E-state index is 12.8. The normalized spacial score (nSPS) is 13.1. The summed E-state index contributed by atoms with van der Waals surface area (Å²) < 4.78 is 55.9. The van der Waals surface area contributed by atoms with E-state index in [-0.39, 0.29) is 23.3 Å². The zero-order chi connectivity index (χ0) is 25.4. The maximum absolute atomic E-state index is 12.8. The molecule has 0 bridgehead atoms. The number of aliphatic hydroxyl groups is 1. The van der Waals surface area contributed by atoms with Crippen LogP contribution in [-0.2, 0) is 19.9 Å². The molecule has 0 aliphatic carbocycles. The van der Waals surface area contributed by atoms with E-state index < -0.39 is 26.0 Å². The third-order valence-corrected chi connectivity index (χ3v) is 7.52. The number of nitrogens with zero attached hydrogens (tertiary/aromatic N) is 1. The van der Waals surface area contributed by atoms with Gasteiger partial charge in [-0.2, -0.15) is 0 Å². The number of ether oxygens (including phenoxy) is 1. The number of hydrogen-bond acceptors (Lipinski definition) is 8. The molecule has 0 aliphatic heterocycles. The van der Waals surface area contributed by atoms with Crippen LogP contribution in [0.25, 0.3) is 0 Å². The molecule has 34 heavy (non-hydrogen) atoms. The molecule has 11 heteroatoms. The molecule has 3 N–H and O–H groups in total. The van der Waals surface area contributed by atoms with Crippen molar-refractivity contribution in [3.8, 4) is 5.75 Å². The fourth-order valence-electron chi connectivity index (χ4n) is 3.26. The Hall–Kier alpha value is -2.21. The summed E-state index contributed by atoms with van der Waals surface area (Å²) in [6.07, 6.45) is 3.61. The topological polar surface area (TPSA) is 135 Å². The number of aryl methyl sites for hydroxylation is 1. The highest BCUT2D eigenvalue weighted by atomic mass is 32.2. The van der Waals surface area contributed by atoms with Crippen molar-refractivity contribution >= 4 is 25.7 Å². The number of benzene rings is 1. The average Bonchev–Trinajstić information content (AvgIpc) is 2.73. The number of pyridine rings is 1. The van der Waals surface area contributed by atoms with Crippen LogP contribution in [-0.4, -0.2) is 58.1 Å². The SMILES string of the molecule is Cc1cc(NCCCCCS(C)(=O)=O)ncc1S(=O)(=O)NCC(O)c1cccc(OC(C)C)c1. The smallest absolute Gasteiger partial charge is 0.242 e. The molecule has 190 valence electrons. The van der Waals surface area contributed by atoms with Gasteiger partial charge in [0.25, 0.3) is 0 Å². The van der Waals surface area contributed by atoms with Crippen LogP contribution < -0.4 is 14.8 Å². The van der Waals surface area contributed by atoms with Gasteiger partial charge >= 0.3 is 0 Å². The van der Waals surface area contributed by atoms with Crippen LogP contribution in [0.1, 0.15) is 50.3 Å². The molecule has 0 saturated heterocycles. The predicted molar refractivity (Wildman–Crippen MR) is 133 cm³/mol. The van der Waals surface area contributed by atoms with E-state index in [4.69, 9.17) is 4.74 Å². The lowest BCUT2D eigenvalue weighted by molar-refractivity contribution is 0.180. The third-order valence-electron chi connectivity index (χ3n) is 4.93. The Morgan fingerprint density at radius 1 is 1.09 bits per heavy atom. The van der Waals surface area contributed by atoms with Gasteiger partial charge in [-0.3, -0.25) is 0 Å². The Morgan fingerprint density at radius 2 is 1.82 bits per heavy atom. The highest BCUT2D eigenvalue weighted by Crippen LogP contribution is 2.21. The Balaban J connectivity index is 1.91. The second-order valence-corrected chi connectivity index (χ2v) is 12.6. The van der Waals surface area contributed by atoms with Crippen molar-refractivity contribution in [3.63, 3.8) is 0 Å². The first-order chi connectivity index (χ1) is 15.9. The molecule has 0 aliphatic rings. The van der Waals surface area contributed by atoms with Crippen LogP contribution in [0, 0.1) is 6.92 Å². The molecule has 0 fully saturated rings. The van der Waals surface area contributed by atoms with Crippen molar-refractivity contribution in [2.45, 2.75) is 57.1 Å². The molecule has 9 nitrogen and oxygen atoms in total. The van der Waals surface area contributed by atoms with Gasteiger partial charge < -0.3 is 15.2 Å². The zero-order valence-electron chi connectivity index (χ0n) is 20.1. The van der Waals surface area contributed by atoms with Gasteiger partial charge in [0.05, 0.1) is 12.2 Å². The van der Waals surface area contributed by atoms with Crippen LogP contribution in [0.5, 0.6) is 5.75 Å². The van der Waals surface area contributed by atoms with Crippen LogP contribution in [0.2, 0.25) is 0 Å². The van der Waals surface area contributed by atoms with E-state index in [2.05, 4.69) is 15.0 Å². The summed E-state index contributed by atoms with van der Waals surface area (Å²) in [7, 11) is -6.81. The summed E-state index contributed by atoms with van der Waals surface area (Å²) in [5.74, 6) is 1.32. The van der Waals surface area contributed by atoms with Crippen molar-refractivity contribution < 1.29 is 26.7 Å². The first-order valence-electron chi connectivity index (χ1n) is 11.2. The van der Waals surface area contributed by atoms with Crippen molar-refractivity contribution in [2.24, 2.45) is 0 Å². The molecule has 1 unspecified atom stereocenters. The Morgan fingerprint density at radius 3 is 2.47 bits per heavy atom. The minimum Gasteiger partial charge on any atom is -0.491 e. The van der Waals surface area contributed by atoms with Gasteiger partial charge in [0.1, 0.15) is 26.3 Å². The van der Waals surface area contributed by atoms with Crippen LogP contribution in [0.15, 0.2) is 41.4 Å². The van der Waals surface area contributed by atoms with Gasteiger partial charge in [-0.1, -0.05) is 18.6 Å². The molecule has 1 aromatic carbocycles. The number of rotatable bonds is 14. The van der Waals surface area contributed by atoms with Gasteiger partial charge in [0.15, 0.2) is 0 Å². The number of aliphatic hydroxyl groups excluding tert-OH is 1. The van der Waals surface area contributed by atoms with E-state index in [0.717, 1.165) is 12.8 Å². The maximum Gasteiger partial charge on any atom is 0.242 e. The molecular weight excluding hydrogens is 478 g/mol. The van der Waals surface area contributed by atoms with E-state index in [1.807, 2.05) is 13.8 Å². The summed E-state index contributed by atoms with van der Waals surface area (Å²) in [5.41, 5.74) is 1.07. The fraction of sp³-hybridized carbons (Fsp3) is 0.522. The molecule has 1 heterocycles. The van der Waals surface area contributed by atoms with Gasteiger partial charge in [-0.15, -0.1) is 0 Å². The molecular formula is C23H35N3O6S2. The first-order valence-corrected chi connectivity index (χ1v) is 14.7. The van der Waals surface area contributed by atoms with Crippen molar-refractivity contribution in [1.29, 1.82) is 0 Å². The minimum atomic E-state index is -3.87. The van der Waals surface area contributed by atoms with Crippen molar-refractivity contribution in [1.82, 2.24) is 9.71 Å². The lowest BCUT2D eigenvalue weighted by Gasteiger charge is -2.16. The molecule has 2 rings (SSSR count). The third kappa shape index (κ3) is 9.57. The lowest BCUT2D eigenvalue weighted by Crippen LogP contribution is -2.29. The van der Waals surface area contributed by atoms with Gasteiger partial charge in [-0.25, -0.2) is 26.5 Å². The molecule has 0 spiro atoms. The number of hydrogen-bond donors (Lipinski definition) is 3. The standard InChI is InChI=1S/C23H35N3O6S2/c1-17(2)32-20-10-8-9-19(14-20)21(27)15-26-34(30,31)22-16-25-23(13-18(22)3)24-11-6-5-7-12-33(4,28)29/h8-10,13-14,16-17,21,26-27H,5-7,11-12,15H2,1-4H3,(H,24,25). The molecule has 0 saturated carbocycles. The highest BCUT2D eigenvalue weighted by molar-refractivity contribution is 7.90. The Kier molecular flexibility index (Phi) is 10.3. The minimum absolute atomic E-state index is 0.0151. The van der Waals surface area contributed by atoms with Crippen LogP contribution in [0.4, 0.5) is 5.82 Å². The van der Waals surface area contributed by atoms with Gasteiger partial charge in [-0.05, 0) is 62.9 Å².